The zero-order valence-electron chi connectivity index (χ0n) is 15.6. The van der Waals surface area contributed by atoms with Crippen LogP contribution in [0.4, 0.5) is 0 Å². The van der Waals surface area contributed by atoms with E-state index in [2.05, 4.69) is 19.9 Å². The Hall–Kier alpha value is -0.380. The maximum Gasteiger partial charge on any atom is 0.148 e. The van der Waals surface area contributed by atoms with Gasteiger partial charge in [-0.1, -0.05) is 37.1 Å². The molecule has 0 N–H and O–H groups in total. The molecule has 4 heteroatoms. The van der Waals surface area contributed by atoms with Gasteiger partial charge in [0, 0.05) is 11.8 Å². The van der Waals surface area contributed by atoms with E-state index in [-0.39, 0.29) is 17.6 Å². The van der Waals surface area contributed by atoms with Crippen LogP contribution in [0.25, 0.3) is 0 Å². The lowest BCUT2D eigenvalue weighted by atomic mass is 9.48. The highest BCUT2D eigenvalue weighted by Crippen LogP contribution is 2.64. The molecule has 0 amide bonds. The summed E-state index contributed by atoms with van der Waals surface area (Å²) in [6.07, 6.45) is 11.5. The molecule has 3 fully saturated rings. The number of hydrogen-bond acceptors (Lipinski definition) is 3. The third-order valence-electron chi connectivity index (χ3n) is 8.23. The van der Waals surface area contributed by atoms with E-state index in [0.717, 1.165) is 44.4 Å². The summed E-state index contributed by atoms with van der Waals surface area (Å²) in [7, 11) is 0. The fraction of sp³-hybridized carbons (Fsp3) is 0.857. The van der Waals surface area contributed by atoms with Crippen molar-refractivity contribution in [3.05, 3.63) is 11.6 Å². The molecule has 4 aliphatic carbocycles. The third kappa shape index (κ3) is 2.82. The fourth-order valence-electron chi connectivity index (χ4n) is 6.72. The highest BCUT2D eigenvalue weighted by Gasteiger charge is 2.58. The van der Waals surface area contributed by atoms with Gasteiger partial charge in [-0.25, -0.2) is 0 Å². The van der Waals surface area contributed by atoms with Crippen LogP contribution in [-0.2, 0) is 14.3 Å². The summed E-state index contributed by atoms with van der Waals surface area (Å²) < 4.78 is 11.0. The standard InChI is InChI=1S/C21H31ClO3/c1-20-9-7-15(25-13-24-12-22)11-14(20)3-4-16-17-5-6-19(23)21(17,2)10-8-18(16)20/h3,15-18H,4-13H2,1-2H3/t15?,16-,17-,18+,20-,21-/m0/s1. The molecule has 3 saturated carbocycles. The fourth-order valence-corrected chi connectivity index (χ4v) is 6.78. The smallest absolute Gasteiger partial charge is 0.148 e. The van der Waals surface area contributed by atoms with E-state index in [1.54, 1.807) is 5.57 Å². The Morgan fingerprint density at radius 1 is 1.16 bits per heavy atom. The van der Waals surface area contributed by atoms with Crippen molar-refractivity contribution in [3.63, 3.8) is 0 Å². The van der Waals surface area contributed by atoms with E-state index >= 15 is 0 Å². The number of carbonyl (C=O) groups is 1. The first-order chi connectivity index (χ1) is 12.0. The Balaban J connectivity index is 1.51. The number of alkyl halides is 1. The molecule has 0 aromatic rings. The number of Topliss-reactive ketones (excluding diaryl/α,β-unsaturated/α-hetero) is 1. The molecule has 0 radical (unpaired) electrons. The molecule has 0 aromatic heterocycles. The van der Waals surface area contributed by atoms with Crippen molar-refractivity contribution in [2.75, 3.05) is 12.9 Å². The number of fused-ring (bicyclic) bond motifs is 5. The Bertz CT molecular complexity index is 573. The number of carbonyl (C=O) groups excluding carboxylic acids is 1. The van der Waals surface area contributed by atoms with Crippen molar-refractivity contribution in [2.45, 2.75) is 71.3 Å². The SMILES string of the molecule is C[C@]12CCC(OCOCCl)CC1=CC[C@@H]1[C@H]2CC[C@]2(C)C(=O)CC[C@@H]12. The van der Waals surface area contributed by atoms with Crippen molar-refractivity contribution >= 4 is 17.4 Å². The summed E-state index contributed by atoms with van der Waals surface area (Å²) in [5, 5.41) is 0. The molecule has 6 atom stereocenters. The second-order valence-corrected chi connectivity index (χ2v) is 9.36. The first-order valence-electron chi connectivity index (χ1n) is 9.97. The van der Waals surface area contributed by atoms with Crippen molar-refractivity contribution in [1.82, 2.24) is 0 Å². The number of halogens is 1. The number of ether oxygens (including phenoxy) is 2. The maximum atomic E-state index is 12.5. The Kier molecular flexibility index (Phi) is 4.79. The summed E-state index contributed by atoms with van der Waals surface area (Å²) in [6.45, 7) is 5.04. The van der Waals surface area contributed by atoms with Crippen molar-refractivity contribution in [1.29, 1.82) is 0 Å². The Morgan fingerprint density at radius 2 is 1.92 bits per heavy atom. The molecule has 4 aliphatic rings. The topological polar surface area (TPSA) is 35.5 Å². The van der Waals surface area contributed by atoms with Crippen LogP contribution in [0.2, 0.25) is 0 Å². The first-order valence-corrected chi connectivity index (χ1v) is 10.5. The molecule has 0 aliphatic heterocycles. The minimum Gasteiger partial charge on any atom is -0.352 e. The molecule has 3 nitrogen and oxygen atoms in total. The Labute approximate surface area is 156 Å². The lowest BCUT2D eigenvalue weighted by molar-refractivity contribution is -0.132. The number of hydrogen-bond donors (Lipinski definition) is 0. The van der Waals surface area contributed by atoms with Gasteiger partial charge in [0.1, 0.15) is 18.6 Å². The second kappa shape index (κ2) is 6.65. The molecular formula is C21H31ClO3. The molecule has 4 rings (SSSR count). The molecule has 0 saturated heterocycles. The zero-order chi connectivity index (χ0) is 17.7. The quantitative estimate of drug-likeness (QED) is 0.301. The summed E-state index contributed by atoms with van der Waals surface area (Å²) in [5.74, 6) is 2.60. The predicted octanol–water partition coefficient (Wildman–Crippen LogP) is 5.07. The third-order valence-corrected chi connectivity index (χ3v) is 8.39. The minimum absolute atomic E-state index is 0.0257. The van der Waals surface area contributed by atoms with Gasteiger partial charge in [-0.3, -0.25) is 4.79 Å². The molecule has 0 bridgehead atoms. The van der Waals surface area contributed by atoms with E-state index in [9.17, 15) is 4.79 Å². The van der Waals surface area contributed by atoms with Crippen molar-refractivity contribution < 1.29 is 14.3 Å². The van der Waals surface area contributed by atoms with Gasteiger partial charge in [0.05, 0.1) is 6.10 Å². The van der Waals surface area contributed by atoms with Gasteiger partial charge < -0.3 is 9.47 Å². The highest BCUT2D eigenvalue weighted by atomic mass is 35.5. The largest absolute Gasteiger partial charge is 0.352 e. The van der Waals surface area contributed by atoms with Crippen LogP contribution in [0.5, 0.6) is 0 Å². The number of ketones is 1. The van der Waals surface area contributed by atoms with Gasteiger partial charge in [-0.15, -0.1) is 0 Å². The summed E-state index contributed by atoms with van der Waals surface area (Å²) in [6, 6.07) is 0.190. The molecule has 140 valence electrons. The monoisotopic (exact) mass is 366 g/mol. The lowest BCUT2D eigenvalue weighted by Gasteiger charge is -2.57. The summed E-state index contributed by atoms with van der Waals surface area (Å²) in [4.78, 5) is 12.5. The minimum atomic E-state index is -0.0257. The summed E-state index contributed by atoms with van der Waals surface area (Å²) >= 11 is 5.56. The zero-order valence-corrected chi connectivity index (χ0v) is 16.3. The van der Waals surface area contributed by atoms with Crippen LogP contribution in [0.15, 0.2) is 11.6 Å². The van der Waals surface area contributed by atoms with E-state index in [1.165, 1.54) is 12.8 Å². The van der Waals surface area contributed by atoms with Gasteiger partial charge in [0.15, 0.2) is 0 Å². The predicted molar refractivity (Wildman–Crippen MR) is 98.3 cm³/mol. The molecule has 1 unspecified atom stereocenters. The van der Waals surface area contributed by atoms with E-state index in [0.29, 0.717) is 29.8 Å². The molecular weight excluding hydrogens is 336 g/mol. The highest BCUT2D eigenvalue weighted by molar-refractivity contribution is 6.17. The average Bonchev–Trinajstić information content (AvgIpc) is 2.90. The van der Waals surface area contributed by atoms with Gasteiger partial charge in [0.2, 0.25) is 0 Å². The van der Waals surface area contributed by atoms with E-state index in [1.807, 2.05) is 0 Å². The average molecular weight is 367 g/mol. The molecule has 0 aromatic carbocycles. The van der Waals surface area contributed by atoms with E-state index in [4.69, 9.17) is 21.1 Å². The van der Waals surface area contributed by atoms with Crippen LogP contribution >= 0.6 is 11.6 Å². The normalized spacial score (nSPS) is 46.2. The summed E-state index contributed by atoms with van der Waals surface area (Å²) in [5.41, 5.74) is 1.88. The molecule has 0 spiro atoms. The van der Waals surface area contributed by atoms with Crippen LogP contribution in [0, 0.1) is 28.6 Å². The van der Waals surface area contributed by atoms with Crippen molar-refractivity contribution in [2.24, 2.45) is 28.6 Å². The Morgan fingerprint density at radius 3 is 2.72 bits per heavy atom. The van der Waals surface area contributed by atoms with Crippen LogP contribution < -0.4 is 0 Å². The number of allylic oxidation sites excluding steroid dienone is 1. The maximum absolute atomic E-state index is 12.5. The second-order valence-electron chi connectivity index (χ2n) is 9.14. The molecule has 0 heterocycles. The lowest BCUT2D eigenvalue weighted by Crippen LogP contribution is -2.50. The first kappa shape index (κ1) is 18.0. The van der Waals surface area contributed by atoms with Gasteiger partial charge in [-0.2, -0.15) is 0 Å². The van der Waals surface area contributed by atoms with Gasteiger partial charge in [0.25, 0.3) is 0 Å². The van der Waals surface area contributed by atoms with Crippen LogP contribution in [0.1, 0.15) is 65.2 Å². The van der Waals surface area contributed by atoms with Gasteiger partial charge in [-0.05, 0) is 68.1 Å². The van der Waals surface area contributed by atoms with E-state index < -0.39 is 0 Å². The molecule has 25 heavy (non-hydrogen) atoms. The van der Waals surface area contributed by atoms with Crippen LogP contribution in [0.3, 0.4) is 0 Å². The van der Waals surface area contributed by atoms with Crippen LogP contribution in [-0.4, -0.2) is 24.7 Å². The van der Waals surface area contributed by atoms with Gasteiger partial charge >= 0.3 is 0 Å². The number of rotatable bonds is 4. The van der Waals surface area contributed by atoms with Crippen molar-refractivity contribution in [3.8, 4) is 0 Å².